The average molecular weight is 413 g/mol. The molecule has 1 aliphatic heterocycles. The maximum Gasteiger partial charge on any atom is 0.471 e. The Morgan fingerprint density at radius 3 is 2.52 bits per heavy atom. The molecule has 1 atom stereocenters. The third-order valence-electron chi connectivity index (χ3n) is 5.06. The highest BCUT2D eigenvalue weighted by atomic mass is 19.4. The van der Waals surface area contributed by atoms with Crippen LogP contribution in [-0.2, 0) is 22.3 Å². The molecule has 1 aromatic heterocycles. The summed E-state index contributed by atoms with van der Waals surface area (Å²) in [6, 6.07) is 6.37. The zero-order chi connectivity index (χ0) is 20.6. The molecule has 0 spiro atoms. The molecule has 156 valence electrons. The second kappa shape index (κ2) is 7.40. The summed E-state index contributed by atoms with van der Waals surface area (Å²) in [4.78, 5) is 17.4. The second-order valence-corrected chi connectivity index (χ2v) is 7.40. The van der Waals surface area contributed by atoms with Crippen molar-refractivity contribution >= 4 is 5.91 Å². The van der Waals surface area contributed by atoms with Crippen molar-refractivity contribution in [3.8, 4) is 11.4 Å². The molecule has 1 amide bonds. The Morgan fingerprint density at radius 1 is 1.24 bits per heavy atom. The summed E-state index contributed by atoms with van der Waals surface area (Å²) >= 11 is 0. The van der Waals surface area contributed by atoms with Crippen molar-refractivity contribution in [2.24, 2.45) is 0 Å². The Morgan fingerprint density at radius 2 is 1.97 bits per heavy atom. The summed E-state index contributed by atoms with van der Waals surface area (Å²) in [5, 5.41) is 3.34. The fourth-order valence-corrected chi connectivity index (χ4v) is 3.30. The number of carbonyl (C=O) groups excluding carboxylic acids is 1. The van der Waals surface area contributed by atoms with Crippen LogP contribution in [0.25, 0.3) is 11.4 Å². The van der Waals surface area contributed by atoms with Crippen LogP contribution in [0.15, 0.2) is 28.8 Å². The molecule has 1 aromatic carbocycles. The van der Waals surface area contributed by atoms with E-state index in [9.17, 15) is 22.4 Å². The van der Waals surface area contributed by atoms with Gasteiger partial charge in [0, 0.05) is 25.3 Å². The Hall–Kier alpha value is -2.49. The number of carbonyl (C=O) groups is 1. The quantitative estimate of drug-likeness (QED) is 0.675. The summed E-state index contributed by atoms with van der Waals surface area (Å²) in [5.74, 6) is -2.13. The minimum Gasteiger partial charge on any atom is -0.376 e. The van der Waals surface area contributed by atoms with Crippen LogP contribution in [0.5, 0.6) is 0 Å². The van der Waals surface area contributed by atoms with E-state index >= 15 is 0 Å². The lowest BCUT2D eigenvalue weighted by molar-refractivity contribution is -0.159. The summed E-state index contributed by atoms with van der Waals surface area (Å²) < 4.78 is 61.9. The van der Waals surface area contributed by atoms with Gasteiger partial charge >= 0.3 is 12.1 Å². The first-order valence-electron chi connectivity index (χ1n) is 9.35. The van der Waals surface area contributed by atoms with Crippen molar-refractivity contribution in [2.75, 3.05) is 13.2 Å². The van der Waals surface area contributed by atoms with E-state index in [0.717, 1.165) is 12.8 Å². The number of rotatable bonds is 6. The molecular weight excluding hydrogens is 394 g/mol. The number of hydrogen-bond donors (Lipinski definition) is 0. The van der Waals surface area contributed by atoms with Crippen molar-refractivity contribution in [2.45, 2.75) is 50.2 Å². The van der Waals surface area contributed by atoms with Gasteiger partial charge in [-0.25, -0.2) is 4.39 Å². The lowest BCUT2D eigenvalue weighted by Crippen LogP contribution is -2.42. The molecule has 2 heterocycles. The van der Waals surface area contributed by atoms with Crippen LogP contribution in [-0.4, -0.2) is 45.9 Å². The van der Waals surface area contributed by atoms with Gasteiger partial charge in [0.2, 0.25) is 5.82 Å². The highest BCUT2D eigenvalue weighted by molar-refractivity contribution is 5.88. The van der Waals surface area contributed by atoms with Gasteiger partial charge in [-0.15, -0.1) is 0 Å². The Bertz CT molecular complexity index is 872. The number of ether oxygens (including phenoxy) is 1. The van der Waals surface area contributed by atoms with E-state index < -0.39 is 23.6 Å². The SMILES string of the molecule is O=C(N(Cc1ccc(-c2noc(C(F)(F)F)n2)cc1)CC1CCCO1)C1(F)CC1. The highest BCUT2D eigenvalue weighted by Crippen LogP contribution is 2.42. The molecule has 0 N–H and O–H groups in total. The fourth-order valence-electron chi connectivity index (χ4n) is 3.30. The molecule has 0 bridgehead atoms. The Labute approximate surface area is 163 Å². The molecule has 1 saturated heterocycles. The molecule has 2 fully saturated rings. The molecule has 2 aliphatic rings. The van der Waals surface area contributed by atoms with Gasteiger partial charge in [-0.3, -0.25) is 4.79 Å². The third kappa shape index (κ3) is 4.42. The normalized spacial score (nSPS) is 20.6. The topological polar surface area (TPSA) is 68.5 Å². The monoisotopic (exact) mass is 413 g/mol. The van der Waals surface area contributed by atoms with Crippen molar-refractivity contribution in [3.63, 3.8) is 0 Å². The van der Waals surface area contributed by atoms with Gasteiger partial charge in [0.1, 0.15) is 0 Å². The molecule has 4 rings (SSSR count). The number of halogens is 4. The summed E-state index contributed by atoms with van der Waals surface area (Å²) in [6.07, 6.45) is -2.63. The van der Waals surface area contributed by atoms with Crippen LogP contribution < -0.4 is 0 Å². The highest BCUT2D eigenvalue weighted by Gasteiger charge is 2.53. The molecule has 2 aromatic rings. The zero-order valence-electron chi connectivity index (χ0n) is 15.4. The molecular formula is C19H19F4N3O3. The number of amides is 1. The minimum atomic E-state index is -4.71. The van der Waals surface area contributed by atoms with Crippen molar-refractivity contribution < 1.29 is 31.6 Å². The molecule has 1 saturated carbocycles. The van der Waals surface area contributed by atoms with Crippen molar-refractivity contribution in [1.82, 2.24) is 15.0 Å². The molecule has 29 heavy (non-hydrogen) atoms. The number of aromatic nitrogens is 2. The van der Waals surface area contributed by atoms with E-state index in [-0.39, 0.29) is 31.3 Å². The lowest BCUT2D eigenvalue weighted by atomic mass is 10.1. The van der Waals surface area contributed by atoms with E-state index in [1.807, 2.05) is 0 Å². The second-order valence-electron chi connectivity index (χ2n) is 7.40. The van der Waals surface area contributed by atoms with Crippen molar-refractivity contribution in [3.05, 3.63) is 35.7 Å². The number of nitrogens with zero attached hydrogens (tertiary/aromatic N) is 3. The van der Waals surface area contributed by atoms with Gasteiger partial charge in [-0.2, -0.15) is 18.2 Å². The van der Waals surface area contributed by atoms with Gasteiger partial charge < -0.3 is 14.2 Å². The summed E-state index contributed by atoms with van der Waals surface area (Å²) in [7, 11) is 0. The van der Waals surface area contributed by atoms with E-state index in [1.54, 1.807) is 12.1 Å². The predicted octanol–water partition coefficient (Wildman–Crippen LogP) is 3.77. The number of hydrogen-bond acceptors (Lipinski definition) is 5. The summed E-state index contributed by atoms with van der Waals surface area (Å²) in [6.45, 7) is 1.13. The molecule has 6 nitrogen and oxygen atoms in total. The minimum absolute atomic E-state index is 0.110. The fraction of sp³-hybridized carbons (Fsp3) is 0.526. The number of alkyl halides is 4. The van der Waals surface area contributed by atoms with Gasteiger partial charge in [0.25, 0.3) is 5.91 Å². The largest absolute Gasteiger partial charge is 0.471 e. The third-order valence-corrected chi connectivity index (χ3v) is 5.06. The first-order chi connectivity index (χ1) is 13.7. The van der Waals surface area contributed by atoms with Crippen LogP contribution in [0, 0.1) is 0 Å². The van der Waals surface area contributed by atoms with Crippen LogP contribution in [0.1, 0.15) is 37.1 Å². The lowest BCUT2D eigenvalue weighted by Gasteiger charge is -2.27. The van der Waals surface area contributed by atoms with Crippen molar-refractivity contribution in [1.29, 1.82) is 0 Å². The van der Waals surface area contributed by atoms with Crippen LogP contribution in [0.4, 0.5) is 17.6 Å². The van der Waals surface area contributed by atoms with Gasteiger partial charge in [-0.05, 0) is 31.2 Å². The predicted molar refractivity (Wildman–Crippen MR) is 92.2 cm³/mol. The molecule has 1 aliphatic carbocycles. The van der Waals surface area contributed by atoms with Crippen LogP contribution in [0.3, 0.4) is 0 Å². The first-order valence-corrected chi connectivity index (χ1v) is 9.35. The van der Waals surface area contributed by atoms with E-state index in [1.165, 1.54) is 17.0 Å². The summed E-state index contributed by atoms with van der Waals surface area (Å²) in [5.41, 5.74) is -0.727. The van der Waals surface area contributed by atoms with Gasteiger partial charge in [0.05, 0.1) is 6.10 Å². The zero-order valence-corrected chi connectivity index (χ0v) is 15.4. The molecule has 10 heteroatoms. The van der Waals surface area contributed by atoms with E-state index in [0.29, 0.717) is 24.3 Å². The van der Waals surface area contributed by atoms with E-state index in [4.69, 9.17) is 4.74 Å². The van der Waals surface area contributed by atoms with Gasteiger partial charge in [-0.1, -0.05) is 29.4 Å². The van der Waals surface area contributed by atoms with Crippen LogP contribution >= 0.6 is 0 Å². The Balaban J connectivity index is 1.47. The molecule has 1 unspecified atom stereocenters. The standard InChI is InChI=1S/C19H19F4N3O3/c20-18(7-8-18)17(27)26(11-14-2-1-9-28-14)10-12-3-5-13(6-4-12)15-24-16(29-25-15)19(21,22)23/h3-6,14H,1-2,7-11H2. The smallest absolute Gasteiger partial charge is 0.376 e. The maximum absolute atomic E-state index is 14.4. The van der Waals surface area contributed by atoms with Gasteiger partial charge in [0.15, 0.2) is 5.67 Å². The first kappa shape index (κ1) is 19.8. The Kier molecular flexibility index (Phi) is 5.05. The maximum atomic E-state index is 14.4. The van der Waals surface area contributed by atoms with Crippen LogP contribution in [0.2, 0.25) is 0 Å². The average Bonchev–Trinajstić information content (AvgIpc) is 3.09. The molecule has 0 radical (unpaired) electrons. The number of benzene rings is 1. The van der Waals surface area contributed by atoms with E-state index in [2.05, 4.69) is 14.7 Å².